The smallest absolute Gasteiger partial charge is 0.126 e. The van der Waals surface area contributed by atoms with Crippen LogP contribution in [0.2, 0.25) is 0 Å². The van der Waals surface area contributed by atoms with Crippen LogP contribution in [0.25, 0.3) is 0 Å². The van der Waals surface area contributed by atoms with Crippen molar-refractivity contribution in [3.05, 3.63) is 35.4 Å². The van der Waals surface area contributed by atoms with E-state index in [1.54, 1.807) is 0 Å². The molecular weight excluding hydrogens is 256 g/mol. The number of hydrogen-bond acceptors (Lipinski definition) is 1. The number of benzene rings is 1. The minimum atomic E-state index is -0.332. The Labute approximate surface area is 119 Å². The minimum absolute atomic E-state index is 0.136. The zero-order chi connectivity index (χ0) is 14.2. The lowest BCUT2D eigenvalue weighted by molar-refractivity contribution is 0.246. The lowest BCUT2D eigenvalue weighted by Gasteiger charge is -2.32. The van der Waals surface area contributed by atoms with Crippen molar-refractivity contribution in [2.24, 2.45) is 17.3 Å². The molecule has 2 aliphatic rings. The molecule has 0 heterocycles. The molecule has 2 saturated carbocycles. The van der Waals surface area contributed by atoms with E-state index >= 15 is 0 Å². The van der Waals surface area contributed by atoms with Gasteiger partial charge in [-0.15, -0.1) is 0 Å². The van der Waals surface area contributed by atoms with Crippen LogP contribution in [0.1, 0.15) is 38.2 Å². The fraction of sp³-hybridized carbons (Fsp3) is 0.647. The van der Waals surface area contributed by atoms with Crippen molar-refractivity contribution in [1.29, 1.82) is 0 Å². The molecule has 1 nitrogen and oxygen atoms in total. The first-order valence-corrected chi connectivity index (χ1v) is 7.76. The van der Waals surface area contributed by atoms with Crippen LogP contribution < -0.4 is 5.32 Å². The number of halogens is 2. The molecule has 3 rings (SSSR count). The third-order valence-electron chi connectivity index (χ3n) is 4.96. The van der Waals surface area contributed by atoms with Gasteiger partial charge in [0.15, 0.2) is 0 Å². The third kappa shape index (κ3) is 2.88. The summed E-state index contributed by atoms with van der Waals surface area (Å²) in [6, 6.07) is 3.83. The van der Waals surface area contributed by atoms with Gasteiger partial charge in [0.1, 0.15) is 11.6 Å². The molecule has 2 unspecified atom stereocenters. The van der Waals surface area contributed by atoms with Crippen molar-refractivity contribution in [3.63, 3.8) is 0 Å². The molecule has 1 aromatic rings. The maximum atomic E-state index is 13.9. The SMILES string of the molecule is CCCNCC1(Cc2cc(F)ccc2F)CC2CC2C1. The van der Waals surface area contributed by atoms with Crippen molar-refractivity contribution in [3.8, 4) is 0 Å². The molecule has 0 bridgehead atoms. The number of fused-ring (bicyclic) bond motifs is 1. The molecule has 0 aliphatic heterocycles. The van der Waals surface area contributed by atoms with Gasteiger partial charge < -0.3 is 5.32 Å². The molecule has 3 heteroatoms. The first kappa shape index (κ1) is 14.0. The molecule has 2 aliphatic carbocycles. The summed E-state index contributed by atoms with van der Waals surface area (Å²) in [6.07, 6.45) is 5.47. The highest BCUT2D eigenvalue weighted by Gasteiger charge is 2.53. The van der Waals surface area contributed by atoms with E-state index in [1.165, 1.54) is 37.5 Å². The van der Waals surface area contributed by atoms with Crippen LogP contribution in [-0.2, 0) is 6.42 Å². The molecule has 110 valence electrons. The van der Waals surface area contributed by atoms with Crippen LogP contribution in [-0.4, -0.2) is 13.1 Å². The predicted octanol–water partition coefficient (Wildman–Crippen LogP) is 3.92. The van der Waals surface area contributed by atoms with E-state index in [9.17, 15) is 8.78 Å². The summed E-state index contributed by atoms with van der Waals surface area (Å²) in [6.45, 7) is 4.09. The second-order valence-corrected chi connectivity index (χ2v) is 6.75. The average molecular weight is 279 g/mol. The minimum Gasteiger partial charge on any atom is -0.316 e. The van der Waals surface area contributed by atoms with Gasteiger partial charge in [-0.2, -0.15) is 0 Å². The van der Waals surface area contributed by atoms with E-state index in [2.05, 4.69) is 12.2 Å². The van der Waals surface area contributed by atoms with E-state index in [1.807, 2.05) is 0 Å². The van der Waals surface area contributed by atoms with Gasteiger partial charge in [0.25, 0.3) is 0 Å². The second kappa shape index (κ2) is 5.44. The molecule has 0 saturated heterocycles. The highest BCUT2D eigenvalue weighted by Crippen LogP contribution is 2.60. The molecule has 1 aromatic carbocycles. The Morgan fingerprint density at radius 1 is 1.25 bits per heavy atom. The van der Waals surface area contributed by atoms with Gasteiger partial charge in [-0.25, -0.2) is 8.78 Å². The van der Waals surface area contributed by atoms with Gasteiger partial charge in [-0.1, -0.05) is 6.92 Å². The Kier molecular flexibility index (Phi) is 3.80. The van der Waals surface area contributed by atoms with Gasteiger partial charge in [-0.3, -0.25) is 0 Å². The van der Waals surface area contributed by atoms with Crippen LogP contribution >= 0.6 is 0 Å². The fourth-order valence-corrected chi connectivity index (χ4v) is 3.97. The summed E-state index contributed by atoms with van der Waals surface area (Å²) in [5.41, 5.74) is 0.682. The van der Waals surface area contributed by atoms with Crippen LogP contribution in [0.4, 0.5) is 8.78 Å². The van der Waals surface area contributed by atoms with E-state index < -0.39 is 0 Å². The van der Waals surface area contributed by atoms with Crippen LogP contribution in [0.3, 0.4) is 0 Å². The zero-order valence-corrected chi connectivity index (χ0v) is 12.1. The topological polar surface area (TPSA) is 12.0 Å². The number of rotatable bonds is 6. The summed E-state index contributed by atoms with van der Waals surface area (Å²) in [4.78, 5) is 0. The summed E-state index contributed by atoms with van der Waals surface area (Å²) < 4.78 is 27.3. The molecule has 20 heavy (non-hydrogen) atoms. The molecule has 0 radical (unpaired) electrons. The first-order valence-electron chi connectivity index (χ1n) is 7.76. The monoisotopic (exact) mass is 279 g/mol. The van der Waals surface area contributed by atoms with E-state index in [-0.39, 0.29) is 17.0 Å². The van der Waals surface area contributed by atoms with Crippen molar-refractivity contribution < 1.29 is 8.78 Å². The van der Waals surface area contributed by atoms with Gasteiger partial charge in [0.05, 0.1) is 0 Å². The van der Waals surface area contributed by atoms with Gasteiger partial charge in [0, 0.05) is 6.54 Å². The Morgan fingerprint density at radius 3 is 2.70 bits per heavy atom. The summed E-state index contributed by atoms with van der Waals surface area (Å²) in [5.74, 6) is 1.09. The van der Waals surface area contributed by atoms with Crippen molar-refractivity contribution in [2.45, 2.75) is 39.0 Å². The Morgan fingerprint density at radius 2 is 2.00 bits per heavy atom. The Bertz CT molecular complexity index is 476. The van der Waals surface area contributed by atoms with Crippen molar-refractivity contribution in [1.82, 2.24) is 5.32 Å². The Hall–Kier alpha value is -0.960. The van der Waals surface area contributed by atoms with Crippen LogP contribution in [0.15, 0.2) is 18.2 Å². The molecule has 0 spiro atoms. The van der Waals surface area contributed by atoms with Crippen LogP contribution in [0, 0.1) is 28.9 Å². The molecular formula is C17H23F2N. The van der Waals surface area contributed by atoms with Crippen molar-refractivity contribution in [2.75, 3.05) is 13.1 Å². The standard InChI is InChI=1S/C17H23F2N/c1-2-5-20-11-17(8-12-6-13(12)9-17)10-14-7-15(18)3-4-16(14)19/h3-4,7,12-13,20H,2,5-6,8-11H2,1H3. The maximum absolute atomic E-state index is 13.9. The second-order valence-electron chi connectivity index (χ2n) is 6.75. The molecule has 2 atom stereocenters. The van der Waals surface area contributed by atoms with Gasteiger partial charge in [0.2, 0.25) is 0 Å². The number of nitrogens with one attached hydrogen (secondary N) is 1. The summed E-state index contributed by atoms with van der Waals surface area (Å²) in [5, 5.41) is 3.50. The van der Waals surface area contributed by atoms with E-state index in [0.717, 1.165) is 31.3 Å². The fourth-order valence-electron chi connectivity index (χ4n) is 3.97. The highest BCUT2D eigenvalue weighted by atomic mass is 19.1. The van der Waals surface area contributed by atoms with Gasteiger partial charge in [-0.05, 0) is 79.7 Å². The maximum Gasteiger partial charge on any atom is 0.126 e. The average Bonchev–Trinajstić information content (AvgIpc) is 3.03. The quantitative estimate of drug-likeness (QED) is 0.778. The normalized spacial score (nSPS) is 31.4. The van der Waals surface area contributed by atoms with E-state index in [4.69, 9.17) is 0 Å². The van der Waals surface area contributed by atoms with E-state index in [0.29, 0.717) is 12.0 Å². The van der Waals surface area contributed by atoms with Gasteiger partial charge >= 0.3 is 0 Å². The largest absolute Gasteiger partial charge is 0.316 e. The summed E-state index contributed by atoms with van der Waals surface area (Å²) >= 11 is 0. The summed E-state index contributed by atoms with van der Waals surface area (Å²) in [7, 11) is 0. The lowest BCUT2D eigenvalue weighted by Crippen LogP contribution is -2.35. The third-order valence-corrected chi connectivity index (χ3v) is 4.96. The zero-order valence-electron chi connectivity index (χ0n) is 12.1. The molecule has 1 N–H and O–H groups in total. The molecule has 0 amide bonds. The lowest BCUT2D eigenvalue weighted by atomic mass is 9.77. The molecule has 2 fully saturated rings. The van der Waals surface area contributed by atoms with Crippen LogP contribution in [0.5, 0.6) is 0 Å². The Balaban J connectivity index is 1.74. The highest BCUT2D eigenvalue weighted by molar-refractivity contribution is 5.22. The predicted molar refractivity (Wildman–Crippen MR) is 76.5 cm³/mol. The van der Waals surface area contributed by atoms with Crippen molar-refractivity contribution >= 4 is 0 Å². The first-order chi connectivity index (χ1) is 9.62. The number of hydrogen-bond donors (Lipinski definition) is 1. The molecule has 0 aromatic heterocycles.